The van der Waals surface area contributed by atoms with Crippen LogP contribution in [0.3, 0.4) is 0 Å². The van der Waals surface area contributed by atoms with Gasteiger partial charge in [0, 0.05) is 17.8 Å². The van der Waals surface area contributed by atoms with Crippen molar-refractivity contribution in [3.8, 4) is 0 Å². The molecule has 0 atom stereocenters. The maximum atomic E-state index is 11.7. The van der Waals surface area contributed by atoms with Gasteiger partial charge in [0.25, 0.3) is 0 Å². The van der Waals surface area contributed by atoms with E-state index < -0.39 is 0 Å². The maximum Gasteiger partial charge on any atom is 0.197 e. The molecule has 0 bridgehead atoms. The van der Waals surface area contributed by atoms with Gasteiger partial charge in [0.15, 0.2) is 11.4 Å². The fraction of sp³-hybridized carbons (Fsp3) is 0.333. The highest BCUT2D eigenvalue weighted by Crippen LogP contribution is 2.30. The van der Waals surface area contributed by atoms with Crippen LogP contribution in [0.2, 0.25) is 0 Å². The minimum atomic E-state index is 0.599. The number of nitrogens with one attached hydrogen (secondary N) is 2. The average Bonchev–Trinajstić information content (AvgIpc) is 3.05. The highest BCUT2D eigenvalue weighted by atomic mass is 32.2. The number of para-hydroxylation sites is 1. The Morgan fingerprint density at radius 3 is 2.75 bits per heavy atom. The van der Waals surface area contributed by atoms with Crippen molar-refractivity contribution >= 4 is 45.6 Å². The summed E-state index contributed by atoms with van der Waals surface area (Å²) in [5, 5.41) is 5.55. The van der Waals surface area contributed by atoms with Crippen LogP contribution in [0.4, 0.5) is 11.5 Å². The largest absolute Gasteiger partial charge is 0.369 e. The van der Waals surface area contributed by atoms with Gasteiger partial charge in [-0.3, -0.25) is 4.79 Å². The summed E-state index contributed by atoms with van der Waals surface area (Å²) in [6.45, 7) is 8.87. The van der Waals surface area contributed by atoms with Crippen molar-refractivity contribution in [2.24, 2.45) is 4.99 Å². The molecule has 2 N–H and O–H groups in total. The number of aromatic amines is 1. The molecule has 0 amide bonds. The topological polar surface area (TPSA) is 83.0 Å². The number of aryl methyl sites for hydroxylation is 2. The number of benzene rings is 1. The van der Waals surface area contributed by atoms with Gasteiger partial charge in [-0.25, -0.2) is 15.0 Å². The summed E-state index contributed by atoms with van der Waals surface area (Å²) >= 11 is 1.42. The first-order chi connectivity index (χ1) is 13.6. The molecule has 3 aromatic rings. The number of nitrogens with zero attached hydrogens (tertiary/aromatic N) is 3. The van der Waals surface area contributed by atoms with E-state index in [0.717, 1.165) is 53.0 Å². The van der Waals surface area contributed by atoms with Gasteiger partial charge in [-0.1, -0.05) is 32.0 Å². The molecule has 0 aliphatic heterocycles. The Kier molecular flexibility index (Phi) is 6.46. The summed E-state index contributed by atoms with van der Waals surface area (Å²) in [5.74, 6) is 0.691. The van der Waals surface area contributed by atoms with Gasteiger partial charge in [-0.05, 0) is 50.1 Å². The quantitative estimate of drug-likeness (QED) is 0.186. The zero-order valence-corrected chi connectivity index (χ0v) is 17.5. The predicted octanol–water partition coefficient (Wildman–Crippen LogP) is 5.31. The van der Waals surface area contributed by atoms with Crippen LogP contribution >= 0.6 is 11.8 Å². The molecule has 6 nitrogen and oxygen atoms in total. The van der Waals surface area contributed by atoms with Gasteiger partial charge in [0.05, 0.1) is 16.1 Å². The smallest absolute Gasteiger partial charge is 0.197 e. The van der Waals surface area contributed by atoms with Gasteiger partial charge in [0.1, 0.15) is 11.5 Å². The summed E-state index contributed by atoms with van der Waals surface area (Å²) < 4.78 is 0. The number of thioether (sulfide) groups is 1. The Hall–Kier alpha value is -2.67. The number of rotatable bonds is 7. The van der Waals surface area contributed by atoms with E-state index in [4.69, 9.17) is 4.99 Å². The molecular weight excluding hydrogens is 370 g/mol. The summed E-state index contributed by atoms with van der Waals surface area (Å²) in [4.78, 5) is 29.0. The first-order valence-corrected chi connectivity index (χ1v) is 10.3. The lowest BCUT2D eigenvalue weighted by Gasteiger charge is -2.08. The van der Waals surface area contributed by atoms with Crippen LogP contribution in [0.15, 0.2) is 34.4 Å². The predicted molar refractivity (Wildman–Crippen MR) is 117 cm³/mol. The van der Waals surface area contributed by atoms with Gasteiger partial charge in [-0.2, -0.15) is 0 Å². The molecule has 2 heterocycles. The lowest BCUT2D eigenvalue weighted by molar-refractivity contribution is 0.112. The molecule has 7 heteroatoms. The van der Waals surface area contributed by atoms with Crippen LogP contribution < -0.4 is 5.32 Å². The second kappa shape index (κ2) is 9.01. The Labute approximate surface area is 169 Å². The molecule has 0 aliphatic carbocycles. The Balaban J connectivity index is 2.01. The van der Waals surface area contributed by atoms with E-state index in [1.54, 1.807) is 0 Å². The van der Waals surface area contributed by atoms with Crippen LogP contribution in [-0.4, -0.2) is 32.8 Å². The van der Waals surface area contributed by atoms with Crippen LogP contribution in [0.1, 0.15) is 48.8 Å². The third-order valence-corrected chi connectivity index (χ3v) is 5.15. The Morgan fingerprint density at radius 2 is 2.07 bits per heavy atom. The fourth-order valence-electron chi connectivity index (χ4n) is 2.99. The van der Waals surface area contributed by atoms with E-state index in [1.165, 1.54) is 11.8 Å². The number of hydrogen-bond donors (Lipinski definition) is 2. The summed E-state index contributed by atoms with van der Waals surface area (Å²) in [6, 6.07) is 8.01. The van der Waals surface area contributed by atoms with Crippen molar-refractivity contribution in [3.05, 3.63) is 41.1 Å². The molecule has 2 aromatic heterocycles. The van der Waals surface area contributed by atoms with Gasteiger partial charge in [-0.15, -0.1) is 0 Å². The fourth-order valence-corrected chi connectivity index (χ4v) is 3.67. The zero-order chi connectivity index (χ0) is 20.1. The Bertz CT molecular complexity index is 1030. The van der Waals surface area contributed by atoms with Crippen molar-refractivity contribution < 1.29 is 4.79 Å². The number of anilines is 1. The minimum absolute atomic E-state index is 0.599. The van der Waals surface area contributed by atoms with E-state index >= 15 is 0 Å². The average molecular weight is 396 g/mol. The third-order valence-electron chi connectivity index (χ3n) is 4.40. The van der Waals surface area contributed by atoms with Gasteiger partial charge >= 0.3 is 0 Å². The second-order valence-corrected chi connectivity index (χ2v) is 7.67. The van der Waals surface area contributed by atoms with E-state index in [9.17, 15) is 4.79 Å². The molecule has 0 saturated heterocycles. The SMILES string of the molecule is CCCNc1nc(SC(C)=Nc2ccccc2C)nc2[nH]c(CC)c(C=O)c12. The summed E-state index contributed by atoms with van der Waals surface area (Å²) in [7, 11) is 0. The molecule has 146 valence electrons. The number of aldehydes is 1. The van der Waals surface area contributed by atoms with Gasteiger partial charge < -0.3 is 10.3 Å². The van der Waals surface area contributed by atoms with Crippen molar-refractivity contribution in [3.63, 3.8) is 0 Å². The van der Waals surface area contributed by atoms with Crippen LogP contribution in [0.5, 0.6) is 0 Å². The van der Waals surface area contributed by atoms with E-state index in [0.29, 0.717) is 22.2 Å². The number of fused-ring (bicyclic) bond motifs is 1. The summed E-state index contributed by atoms with van der Waals surface area (Å²) in [6.07, 6.45) is 2.58. The standard InChI is InChI=1S/C21H25N5OS/c1-5-11-22-19-18-15(12-27)16(6-2)24-20(18)26-21(25-19)28-14(4)23-17-10-8-7-9-13(17)3/h7-10,12H,5-6,11H2,1-4H3,(H2,22,24,25,26). The van der Waals surface area contributed by atoms with Crippen LogP contribution in [0.25, 0.3) is 11.0 Å². The number of carbonyl (C=O) groups is 1. The molecular formula is C21H25N5OS. The number of H-pyrrole nitrogens is 1. The molecule has 0 radical (unpaired) electrons. The van der Waals surface area contributed by atoms with Crippen LogP contribution in [-0.2, 0) is 6.42 Å². The molecule has 0 aliphatic rings. The van der Waals surface area contributed by atoms with Crippen LogP contribution in [0, 0.1) is 6.92 Å². The van der Waals surface area contributed by atoms with Crippen molar-refractivity contribution in [1.29, 1.82) is 0 Å². The molecule has 0 fully saturated rings. The van der Waals surface area contributed by atoms with E-state index in [2.05, 4.69) is 27.2 Å². The molecule has 3 rings (SSSR count). The van der Waals surface area contributed by atoms with E-state index in [-0.39, 0.29) is 0 Å². The zero-order valence-electron chi connectivity index (χ0n) is 16.7. The van der Waals surface area contributed by atoms with E-state index in [1.807, 2.05) is 45.0 Å². The van der Waals surface area contributed by atoms with Crippen molar-refractivity contribution in [2.75, 3.05) is 11.9 Å². The number of aliphatic imine (C=N–C) groups is 1. The molecule has 0 spiro atoms. The number of aromatic nitrogens is 3. The normalized spacial score (nSPS) is 11.8. The monoisotopic (exact) mass is 395 g/mol. The van der Waals surface area contributed by atoms with Gasteiger partial charge in [0.2, 0.25) is 0 Å². The highest BCUT2D eigenvalue weighted by Gasteiger charge is 2.18. The number of hydrogen-bond acceptors (Lipinski definition) is 6. The molecule has 0 saturated carbocycles. The molecule has 1 aromatic carbocycles. The first-order valence-electron chi connectivity index (χ1n) is 9.47. The highest BCUT2D eigenvalue weighted by molar-refractivity contribution is 8.13. The molecule has 28 heavy (non-hydrogen) atoms. The van der Waals surface area contributed by atoms with Crippen molar-refractivity contribution in [1.82, 2.24) is 15.0 Å². The second-order valence-electron chi connectivity index (χ2n) is 6.51. The summed E-state index contributed by atoms with van der Waals surface area (Å²) in [5.41, 5.74) is 4.26. The van der Waals surface area contributed by atoms with Crippen molar-refractivity contribution in [2.45, 2.75) is 45.7 Å². The first kappa shape index (κ1) is 20.1. The molecule has 0 unspecified atom stereocenters. The maximum absolute atomic E-state index is 11.7. The lowest BCUT2D eigenvalue weighted by Crippen LogP contribution is -2.05. The Morgan fingerprint density at radius 1 is 1.29 bits per heavy atom. The lowest BCUT2D eigenvalue weighted by atomic mass is 10.1. The minimum Gasteiger partial charge on any atom is -0.369 e. The third kappa shape index (κ3) is 4.25. The number of carbonyl (C=O) groups excluding carboxylic acids is 1.